The monoisotopic (exact) mass is 489 g/mol. The minimum atomic E-state index is -4.11. The van der Waals surface area contributed by atoms with Gasteiger partial charge in [-0.25, -0.2) is 17.9 Å². The van der Waals surface area contributed by atoms with Gasteiger partial charge in [-0.15, -0.1) is 0 Å². The summed E-state index contributed by atoms with van der Waals surface area (Å²) in [7, 11) is -1.37. The van der Waals surface area contributed by atoms with Crippen LogP contribution in [0.5, 0.6) is 11.5 Å². The van der Waals surface area contributed by atoms with E-state index in [0.29, 0.717) is 5.75 Å². The van der Waals surface area contributed by atoms with Gasteiger partial charge in [0.2, 0.25) is 10.0 Å². The molecule has 11 nitrogen and oxygen atoms in total. The molecule has 34 heavy (non-hydrogen) atoms. The molecule has 0 bridgehead atoms. The van der Waals surface area contributed by atoms with Crippen molar-refractivity contribution in [2.45, 2.75) is 23.4 Å². The molecule has 2 N–H and O–H groups in total. The number of benzene rings is 2. The van der Waals surface area contributed by atoms with Crippen molar-refractivity contribution in [1.29, 1.82) is 0 Å². The summed E-state index contributed by atoms with van der Waals surface area (Å²) in [5, 5.41) is 9.67. The van der Waals surface area contributed by atoms with Crippen LogP contribution in [0.2, 0.25) is 0 Å². The van der Waals surface area contributed by atoms with Crippen LogP contribution in [0.15, 0.2) is 47.4 Å². The minimum Gasteiger partial charge on any atom is -0.497 e. The van der Waals surface area contributed by atoms with Crippen LogP contribution in [0, 0.1) is 0 Å². The minimum absolute atomic E-state index is 0.0746. The number of imide groups is 1. The maximum absolute atomic E-state index is 13.1. The number of carboxylic acid groups (broad SMARTS) is 1. The van der Waals surface area contributed by atoms with E-state index in [4.69, 9.17) is 9.47 Å². The SMILES string of the molecule is COc1ccc(OC)c(S(=O)(=O)N[C@@H]2C[C@H](CN3C(=O)c4ccccc4C3=O)N(C(=O)O)C2)c1. The molecule has 2 atom stereocenters. The molecule has 2 aromatic rings. The number of likely N-dealkylation sites (tertiary alicyclic amines) is 1. The van der Waals surface area contributed by atoms with Gasteiger partial charge >= 0.3 is 6.09 Å². The standard InChI is InChI=1S/C22H23N3O8S/c1-32-15-7-8-18(33-2)19(10-15)34(30,31)23-13-9-14(24(11-13)22(28)29)12-25-20(26)16-5-3-4-6-17(16)21(25)27/h3-8,10,13-14,23H,9,11-12H2,1-2H3,(H,28,29)/t13-,14-/m1/s1. The number of hydrogen-bond donors (Lipinski definition) is 2. The van der Waals surface area contributed by atoms with Crippen molar-refractivity contribution in [2.75, 3.05) is 27.3 Å². The average molecular weight is 490 g/mol. The smallest absolute Gasteiger partial charge is 0.407 e. The molecule has 2 aliphatic heterocycles. The summed E-state index contributed by atoms with van der Waals surface area (Å²) in [6.07, 6.45) is -1.20. The topological polar surface area (TPSA) is 143 Å². The van der Waals surface area contributed by atoms with Gasteiger partial charge in [-0.3, -0.25) is 14.5 Å². The van der Waals surface area contributed by atoms with Gasteiger partial charge in [0, 0.05) is 25.2 Å². The lowest BCUT2D eigenvalue weighted by molar-refractivity contribution is 0.0603. The molecule has 2 aromatic carbocycles. The molecule has 2 heterocycles. The van der Waals surface area contributed by atoms with Gasteiger partial charge < -0.3 is 19.5 Å². The summed E-state index contributed by atoms with van der Waals surface area (Å²) in [5.74, 6) is -0.598. The number of nitrogens with one attached hydrogen (secondary N) is 1. The Bertz CT molecular complexity index is 1230. The van der Waals surface area contributed by atoms with Gasteiger partial charge in [-0.2, -0.15) is 0 Å². The van der Waals surface area contributed by atoms with E-state index in [2.05, 4.69) is 4.72 Å². The van der Waals surface area contributed by atoms with Crippen molar-refractivity contribution < 1.29 is 37.4 Å². The highest BCUT2D eigenvalue weighted by atomic mass is 32.2. The van der Waals surface area contributed by atoms with Crippen LogP contribution >= 0.6 is 0 Å². The lowest BCUT2D eigenvalue weighted by atomic mass is 10.1. The fraction of sp³-hybridized carbons (Fsp3) is 0.318. The van der Waals surface area contributed by atoms with Crippen LogP contribution in [0.1, 0.15) is 27.1 Å². The number of ether oxygens (including phenoxy) is 2. The molecule has 0 unspecified atom stereocenters. The zero-order valence-corrected chi connectivity index (χ0v) is 19.2. The first-order chi connectivity index (χ1) is 16.2. The van der Waals surface area contributed by atoms with E-state index in [0.717, 1.165) is 9.80 Å². The summed E-state index contributed by atoms with van der Waals surface area (Å²) < 4.78 is 39.0. The molecule has 0 saturated carbocycles. The van der Waals surface area contributed by atoms with E-state index in [1.54, 1.807) is 18.2 Å². The quantitative estimate of drug-likeness (QED) is 0.556. The molecule has 180 valence electrons. The highest BCUT2D eigenvalue weighted by Gasteiger charge is 2.43. The number of nitrogens with zero attached hydrogens (tertiary/aromatic N) is 2. The Morgan fingerprint density at radius 1 is 1.09 bits per heavy atom. The number of hydrogen-bond acceptors (Lipinski definition) is 7. The summed E-state index contributed by atoms with van der Waals surface area (Å²) in [4.78, 5) is 39.2. The Labute approximate surface area is 195 Å². The normalized spacial score (nSPS) is 19.9. The molecule has 0 radical (unpaired) electrons. The fourth-order valence-corrected chi connectivity index (χ4v) is 5.73. The Morgan fingerprint density at radius 3 is 2.29 bits per heavy atom. The lowest BCUT2D eigenvalue weighted by Gasteiger charge is -2.25. The van der Waals surface area contributed by atoms with E-state index in [9.17, 15) is 27.9 Å². The number of fused-ring (bicyclic) bond motifs is 1. The number of carbonyl (C=O) groups is 3. The van der Waals surface area contributed by atoms with E-state index in [-0.39, 0.29) is 41.3 Å². The van der Waals surface area contributed by atoms with Crippen LogP contribution in [-0.4, -0.2) is 80.6 Å². The first-order valence-electron chi connectivity index (χ1n) is 10.4. The van der Waals surface area contributed by atoms with Crippen molar-refractivity contribution in [3.8, 4) is 11.5 Å². The number of rotatable bonds is 7. The third-order valence-electron chi connectivity index (χ3n) is 5.91. The first kappa shape index (κ1) is 23.5. The largest absolute Gasteiger partial charge is 0.497 e. The van der Waals surface area contributed by atoms with Gasteiger partial charge in [-0.1, -0.05) is 12.1 Å². The highest BCUT2D eigenvalue weighted by molar-refractivity contribution is 7.89. The Kier molecular flexibility index (Phi) is 6.19. The summed E-state index contributed by atoms with van der Waals surface area (Å²) in [5.41, 5.74) is 0.518. The molecular formula is C22H23N3O8S. The number of carbonyl (C=O) groups excluding carboxylic acids is 2. The molecule has 0 aromatic heterocycles. The van der Waals surface area contributed by atoms with Crippen LogP contribution in [0.4, 0.5) is 4.79 Å². The fourth-order valence-electron chi connectivity index (χ4n) is 4.30. The summed E-state index contributed by atoms with van der Waals surface area (Å²) in [6.45, 7) is -0.325. The molecule has 1 fully saturated rings. The van der Waals surface area contributed by atoms with Crippen LogP contribution < -0.4 is 14.2 Å². The second-order valence-corrected chi connectivity index (χ2v) is 9.61. The Hall–Kier alpha value is -3.64. The molecule has 2 aliphatic rings. The zero-order valence-electron chi connectivity index (χ0n) is 18.4. The Balaban J connectivity index is 1.54. The molecule has 4 rings (SSSR count). The van der Waals surface area contributed by atoms with Gasteiger partial charge in [0.1, 0.15) is 16.4 Å². The van der Waals surface area contributed by atoms with Crippen molar-refractivity contribution in [3.63, 3.8) is 0 Å². The van der Waals surface area contributed by atoms with Crippen molar-refractivity contribution in [3.05, 3.63) is 53.6 Å². The number of methoxy groups -OCH3 is 2. The second-order valence-electron chi connectivity index (χ2n) is 7.93. The molecule has 0 aliphatic carbocycles. The van der Waals surface area contributed by atoms with E-state index >= 15 is 0 Å². The molecular weight excluding hydrogens is 466 g/mol. The van der Waals surface area contributed by atoms with Gasteiger partial charge in [0.05, 0.1) is 31.4 Å². The summed E-state index contributed by atoms with van der Waals surface area (Å²) >= 11 is 0. The predicted octanol–water partition coefficient (Wildman–Crippen LogP) is 1.40. The van der Waals surface area contributed by atoms with Crippen molar-refractivity contribution >= 4 is 27.9 Å². The zero-order chi connectivity index (χ0) is 24.6. The molecule has 1 saturated heterocycles. The van der Waals surface area contributed by atoms with Crippen LogP contribution in [0.3, 0.4) is 0 Å². The van der Waals surface area contributed by atoms with Crippen molar-refractivity contribution in [1.82, 2.24) is 14.5 Å². The van der Waals surface area contributed by atoms with Gasteiger partial charge in [0.15, 0.2) is 0 Å². The third-order valence-corrected chi connectivity index (χ3v) is 7.46. The maximum Gasteiger partial charge on any atom is 0.407 e. The maximum atomic E-state index is 13.1. The average Bonchev–Trinajstić information content (AvgIpc) is 3.32. The van der Waals surface area contributed by atoms with Gasteiger partial charge in [-0.05, 0) is 30.7 Å². The first-order valence-corrected chi connectivity index (χ1v) is 11.8. The van der Waals surface area contributed by atoms with E-state index in [1.165, 1.54) is 38.5 Å². The van der Waals surface area contributed by atoms with Gasteiger partial charge in [0.25, 0.3) is 11.8 Å². The molecule has 0 spiro atoms. The van der Waals surface area contributed by atoms with Crippen LogP contribution in [-0.2, 0) is 10.0 Å². The Morgan fingerprint density at radius 2 is 1.74 bits per heavy atom. The third kappa shape index (κ3) is 4.17. The molecule has 12 heteroatoms. The second kappa shape index (κ2) is 8.95. The predicted molar refractivity (Wildman–Crippen MR) is 119 cm³/mol. The van der Waals surface area contributed by atoms with E-state index < -0.39 is 40.0 Å². The number of sulfonamides is 1. The highest BCUT2D eigenvalue weighted by Crippen LogP contribution is 2.30. The number of amides is 3. The molecule has 3 amide bonds. The van der Waals surface area contributed by atoms with E-state index in [1.807, 2.05) is 0 Å². The lowest BCUT2D eigenvalue weighted by Crippen LogP contribution is -2.44. The summed E-state index contributed by atoms with van der Waals surface area (Å²) in [6, 6.07) is 9.12. The van der Waals surface area contributed by atoms with Crippen molar-refractivity contribution in [2.24, 2.45) is 0 Å². The van der Waals surface area contributed by atoms with Crippen LogP contribution in [0.25, 0.3) is 0 Å².